The van der Waals surface area contributed by atoms with Gasteiger partial charge in [-0.1, -0.05) is 0 Å². The molecule has 5 rings (SSSR count). The summed E-state index contributed by atoms with van der Waals surface area (Å²) in [5, 5.41) is 11.9. The van der Waals surface area contributed by atoms with Crippen LogP contribution in [0.15, 0.2) is 36.7 Å². The highest BCUT2D eigenvalue weighted by molar-refractivity contribution is 5.94. The maximum atomic E-state index is 13.3. The van der Waals surface area contributed by atoms with Gasteiger partial charge in [-0.25, -0.2) is 0 Å². The third-order valence-corrected chi connectivity index (χ3v) is 5.87. The first-order valence-electron chi connectivity index (χ1n) is 9.76. The number of aryl methyl sites for hydroxylation is 1. The highest BCUT2D eigenvalue weighted by Crippen LogP contribution is 2.28. The van der Waals surface area contributed by atoms with Gasteiger partial charge in [0.15, 0.2) is 11.5 Å². The largest absolute Gasteiger partial charge is 0.371 e. The molecule has 2 aliphatic rings. The van der Waals surface area contributed by atoms with E-state index < -0.39 is 0 Å². The Morgan fingerprint density at radius 2 is 2.03 bits per heavy atom. The van der Waals surface area contributed by atoms with Gasteiger partial charge in [0.2, 0.25) is 0 Å². The van der Waals surface area contributed by atoms with Crippen LogP contribution < -0.4 is 5.32 Å². The Balaban J connectivity index is 0.00000205. The monoisotopic (exact) mass is 416 g/mol. The van der Waals surface area contributed by atoms with Gasteiger partial charge in [-0.2, -0.15) is 0 Å². The number of nitrogens with zero attached hydrogens (tertiary/aromatic N) is 5. The Labute approximate surface area is 175 Å². The molecule has 8 nitrogen and oxygen atoms in total. The molecule has 9 heteroatoms. The van der Waals surface area contributed by atoms with Crippen LogP contribution in [0, 0.1) is 0 Å². The summed E-state index contributed by atoms with van der Waals surface area (Å²) in [5.41, 5.74) is 2.13. The fraction of sp³-hybridized carbons (Fsp3) is 0.450. The first kappa shape index (κ1) is 19.9. The summed E-state index contributed by atoms with van der Waals surface area (Å²) in [6, 6.07) is 7.66. The molecule has 2 aliphatic heterocycles. The Hall–Kier alpha value is -2.42. The number of pyridine rings is 1. The maximum absolute atomic E-state index is 13.3. The average molecular weight is 417 g/mol. The lowest BCUT2D eigenvalue weighted by molar-refractivity contribution is -0.114. The number of carbonyl (C=O) groups excluding carboxylic acids is 1. The number of hydrogen-bond acceptors (Lipinski definition) is 5. The number of ether oxygens (including phenoxy) is 1. The zero-order valence-electron chi connectivity index (χ0n) is 16.4. The van der Waals surface area contributed by atoms with E-state index in [0.29, 0.717) is 25.3 Å². The van der Waals surface area contributed by atoms with E-state index in [-0.39, 0.29) is 23.9 Å². The number of rotatable bonds is 2. The first-order valence-corrected chi connectivity index (χ1v) is 9.76. The molecule has 29 heavy (non-hydrogen) atoms. The molecule has 0 unspecified atom stereocenters. The van der Waals surface area contributed by atoms with Gasteiger partial charge in [0.1, 0.15) is 0 Å². The summed E-state index contributed by atoms with van der Waals surface area (Å²) >= 11 is 0. The fourth-order valence-corrected chi connectivity index (χ4v) is 4.27. The van der Waals surface area contributed by atoms with E-state index in [1.54, 1.807) is 0 Å². The molecule has 3 aromatic heterocycles. The fourth-order valence-electron chi connectivity index (χ4n) is 4.27. The molecule has 154 valence electrons. The molecule has 2 saturated heterocycles. The van der Waals surface area contributed by atoms with E-state index in [0.717, 1.165) is 43.1 Å². The van der Waals surface area contributed by atoms with E-state index in [2.05, 4.69) is 15.5 Å². The molecule has 2 fully saturated rings. The number of morpholine rings is 1. The molecule has 1 spiro atoms. The van der Waals surface area contributed by atoms with Crippen molar-refractivity contribution >= 4 is 24.0 Å². The van der Waals surface area contributed by atoms with Crippen LogP contribution in [-0.2, 0) is 11.8 Å². The third kappa shape index (κ3) is 3.52. The lowest BCUT2D eigenvalue weighted by Gasteiger charge is -2.45. The van der Waals surface area contributed by atoms with Crippen LogP contribution in [-0.4, -0.2) is 68.4 Å². The van der Waals surface area contributed by atoms with Crippen molar-refractivity contribution in [3.8, 4) is 11.5 Å². The summed E-state index contributed by atoms with van der Waals surface area (Å²) < 4.78 is 9.99. The van der Waals surface area contributed by atoms with Crippen molar-refractivity contribution in [3.05, 3.63) is 42.2 Å². The normalized spacial score (nSPS) is 18.7. The summed E-state index contributed by atoms with van der Waals surface area (Å²) in [6.45, 7) is 3.75. The average Bonchev–Trinajstić information content (AvgIpc) is 3.33. The van der Waals surface area contributed by atoms with Crippen LogP contribution in [0.25, 0.3) is 17.2 Å². The van der Waals surface area contributed by atoms with Crippen LogP contribution in [0.2, 0.25) is 0 Å². The Morgan fingerprint density at radius 3 is 2.79 bits per heavy atom. The maximum Gasteiger partial charge on any atom is 0.255 e. The summed E-state index contributed by atoms with van der Waals surface area (Å²) in [7, 11) is 1.97. The molecule has 0 bridgehead atoms. The second-order valence-electron chi connectivity index (χ2n) is 7.68. The Bertz CT molecular complexity index is 1020. The number of piperidine rings is 1. The molecule has 0 saturated carbocycles. The SMILES string of the molecule is Cl.Cn1cccc1-c1nnc2ccc(C(=O)N3CCOC4(CCNCC4)C3)cn12. The molecule has 5 heterocycles. The van der Waals surface area contributed by atoms with E-state index in [1.165, 1.54) is 0 Å². The molecule has 0 aliphatic carbocycles. The van der Waals surface area contributed by atoms with Crippen molar-refractivity contribution in [2.75, 3.05) is 32.8 Å². The van der Waals surface area contributed by atoms with Gasteiger partial charge in [-0.05, 0) is 50.2 Å². The second-order valence-corrected chi connectivity index (χ2v) is 7.68. The predicted octanol–water partition coefficient (Wildman–Crippen LogP) is 1.75. The van der Waals surface area contributed by atoms with E-state index >= 15 is 0 Å². The van der Waals surface area contributed by atoms with Crippen molar-refractivity contribution < 1.29 is 9.53 Å². The number of aromatic nitrogens is 4. The lowest BCUT2D eigenvalue weighted by Crippen LogP contribution is -2.57. The van der Waals surface area contributed by atoms with Gasteiger partial charge in [-0.3, -0.25) is 9.20 Å². The van der Waals surface area contributed by atoms with Gasteiger partial charge < -0.3 is 19.5 Å². The number of nitrogens with one attached hydrogen (secondary N) is 1. The van der Waals surface area contributed by atoms with Gasteiger partial charge in [0.25, 0.3) is 5.91 Å². The quantitative estimate of drug-likeness (QED) is 0.688. The van der Waals surface area contributed by atoms with E-state index in [4.69, 9.17) is 4.74 Å². The Kier molecular flexibility index (Phi) is 5.33. The van der Waals surface area contributed by atoms with E-state index in [9.17, 15) is 4.79 Å². The highest BCUT2D eigenvalue weighted by Gasteiger charge is 2.39. The number of carbonyl (C=O) groups is 1. The van der Waals surface area contributed by atoms with Crippen molar-refractivity contribution in [2.45, 2.75) is 18.4 Å². The number of hydrogen-bond donors (Lipinski definition) is 1. The highest BCUT2D eigenvalue weighted by atomic mass is 35.5. The van der Waals surface area contributed by atoms with Crippen LogP contribution in [0.1, 0.15) is 23.2 Å². The number of fused-ring (bicyclic) bond motifs is 1. The van der Waals surface area contributed by atoms with Crippen molar-refractivity contribution in [1.82, 2.24) is 29.4 Å². The predicted molar refractivity (Wildman–Crippen MR) is 111 cm³/mol. The molecule has 1 N–H and O–H groups in total. The van der Waals surface area contributed by atoms with Gasteiger partial charge in [-0.15, -0.1) is 22.6 Å². The van der Waals surface area contributed by atoms with Crippen molar-refractivity contribution in [2.24, 2.45) is 7.05 Å². The smallest absolute Gasteiger partial charge is 0.255 e. The summed E-state index contributed by atoms with van der Waals surface area (Å²) in [6.07, 6.45) is 5.71. The second kappa shape index (κ2) is 7.78. The van der Waals surface area contributed by atoms with Crippen LogP contribution >= 0.6 is 12.4 Å². The third-order valence-electron chi connectivity index (χ3n) is 5.87. The minimum absolute atomic E-state index is 0. The standard InChI is InChI=1S/C20H24N6O2.ClH/c1-24-10-2-3-16(24)18-23-22-17-5-4-15(13-26(17)18)19(27)25-11-12-28-20(14-25)6-8-21-9-7-20;/h2-5,10,13,21H,6-9,11-12,14H2,1H3;1H. The van der Waals surface area contributed by atoms with Gasteiger partial charge >= 0.3 is 0 Å². The minimum Gasteiger partial charge on any atom is -0.371 e. The Morgan fingerprint density at radius 1 is 1.21 bits per heavy atom. The van der Waals surface area contributed by atoms with E-state index in [1.807, 2.05) is 57.6 Å². The number of halogens is 1. The topological polar surface area (TPSA) is 76.7 Å². The van der Waals surface area contributed by atoms with Crippen LogP contribution in [0.3, 0.4) is 0 Å². The van der Waals surface area contributed by atoms with Gasteiger partial charge in [0.05, 0.1) is 30.0 Å². The molecular weight excluding hydrogens is 392 g/mol. The zero-order chi connectivity index (χ0) is 19.1. The first-order chi connectivity index (χ1) is 13.7. The van der Waals surface area contributed by atoms with Gasteiger partial charge in [0, 0.05) is 26.0 Å². The molecule has 1 amide bonds. The summed E-state index contributed by atoms with van der Waals surface area (Å²) in [4.78, 5) is 15.2. The molecule has 0 radical (unpaired) electrons. The van der Waals surface area contributed by atoms with Crippen LogP contribution in [0.4, 0.5) is 0 Å². The molecular formula is C20H25ClN6O2. The lowest BCUT2D eigenvalue weighted by atomic mass is 9.90. The summed E-state index contributed by atoms with van der Waals surface area (Å²) in [5.74, 6) is 0.767. The molecule has 0 aromatic carbocycles. The zero-order valence-corrected chi connectivity index (χ0v) is 17.2. The minimum atomic E-state index is -0.200. The molecule has 0 atom stereocenters. The number of amides is 1. The van der Waals surface area contributed by atoms with Crippen molar-refractivity contribution in [3.63, 3.8) is 0 Å². The molecule has 3 aromatic rings. The van der Waals surface area contributed by atoms with Crippen LogP contribution in [0.5, 0.6) is 0 Å². The van der Waals surface area contributed by atoms with Crippen molar-refractivity contribution in [1.29, 1.82) is 0 Å².